The number of carbonyl (C=O) groups excluding carboxylic acids is 1. The fourth-order valence-electron chi connectivity index (χ4n) is 1.73. The summed E-state index contributed by atoms with van der Waals surface area (Å²) in [7, 11) is 2.02. The van der Waals surface area contributed by atoms with Crippen molar-refractivity contribution in [1.29, 1.82) is 0 Å². The molecule has 1 amide bonds. The van der Waals surface area contributed by atoms with E-state index < -0.39 is 6.10 Å². The minimum atomic E-state index is -0.566. The van der Waals surface area contributed by atoms with Crippen molar-refractivity contribution in [3.8, 4) is 5.75 Å². The van der Waals surface area contributed by atoms with E-state index in [1.165, 1.54) is 0 Å². The first-order chi connectivity index (χ1) is 9.93. The zero-order valence-corrected chi connectivity index (χ0v) is 13.3. The number of carbonyl (C=O) groups is 1. The lowest BCUT2D eigenvalue weighted by Crippen LogP contribution is -2.41. The Hall–Kier alpha value is -1.59. The molecule has 0 spiro atoms. The number of aliphatic hydroxyl groups excluding tert-OH is 1. The van der Waals surface area contributed by atoms with Gasteiger partial charge in [-0.2, -0.15) is 0 Å². The number of aliphatic hydroxyl groups is 1. The second-order valence-corrected chi connectivity index (χ2v) is 5.43. The fourth-order valence-corrected chi connectivity index (χ4v) is 1.73. The number of hydrogen-bond acceptors (Lipinski definition) is 4. The highest BCUT2D eigenvalue weighted by molar-refractivity contribution is 5.80. The van der Waals surface area contributed by atoms with E-state index in [-0.39, 0.29) is 12.5 Å². The van der Waals surface area contributed by atoms with Crippen molar-refractivity contribution < 1.29 is 14.6 Å². The summed E-state index contributed by atoms with van der Waals surface area (Å²) in [5.41, 5.74) is 0.763. The van der Waals surface area contributed by atoms with Crippen LogP contribution in [0.15, 0.2) is 24.3 Å². The first-order valence-corrected chi connectivity index (χ1v) is 7.28. The van der Waals surface area contributed by atoms with Crippen LogP contribution in [0.1, 0.15) is 26.3 Å². The van der Waals surface area contributed by atoms with Crippen LogP contribution in [0, 0.1) is 0 Å². The maximum absolute atomic E-state index is 11.9. The zero-order valence-electron chi connectivity index (χ0n) is 13.3. The minimum absolute atomic E-state index is 0.0423. The van der Waals surface area contributed by atoms with Crippen LogP contribution in [0.5, 0.6) is 5.75 Å². The molecule has 0 aliphatic rings. The Morgan fingerprint density at radius 1 is 1.38 bits per heavy atom. The monoisotopic (exact) mass is 294 g/mol. The smallest absolute Gasteiger partial charge is 0.260 e. The maximum atomic E-state index is 11.9. The molecule has 21 heavy (non-hydrogen) atoms. The number of rotatable bonds is 8. The van der Waals surface area contributed by atoms with Crippen LogP contribution in [0.4, 0.5) is 0 Å². The number of nitrogens with zero attached hydrogens (tertiary/aromatic N) is 1. The predicted octanol–water partition coefficient (Wildman–Crippen LogP) is 1.40. The Bertz CT molecular complexity index is 449. The van der Waals surface area contributed by atoms with Gasteiger partial charge in [0.2, 0.25) is 0 Å². The quantitative estimate of drug-likeness (QED) is 0.761. The van der Waals surface area contributed by atoms with Crippen LogP contribution in [0.25, 0.3) is 0 Å². The summed E-state index contributed by atoms with van der Waals surface area (Å²) in [6.45, 7) is 7.30. The third-order valence-electron chi connectivity index (χ3n) is 3.41. The van der Waals surface area contributed by atoms with E-state index in [0.717, 1.165) is 12.1 Å². The number of amides is 1. The highest BCUT2D eigenvalue weighted by Gasteiger charge is 2.14. The normalized spacial score (nSPS) is 12.5. The van der Waals surface area contributed by atoms with Gasteiger partial charge in [-0.1, -0.05) is 12.1 Å². The molecule has 2 N–H and O–H groups in total. The van der Waals surface area contributed by atoms with Crippen molar-refractivity contribution in [2.75, 3.05) is 20.1 Å². The van der Waals surface area contributed by atoms with E-state index in [1.54, 1.807) is 31.2 Å². The molecule has 1 unspecified atom stereocenters. The van der Waals surface area contributed by atoms with E-state index >= 15 is 0 Å². The fraction of sp³-hybridized carbons (Fsp3) is 0.562. The Morgan fingerprint density at radius 3 is 2.71 bits per heavy atom. The Kier molecular flexibility index (Phi) is 7.19. The van der Waals surface area contributed by atoms with E-state index in [9.17, 15) is 4.79 Å². The Morgan fingerprint density at radius 2 is 2.10 bits per heavy atom. The zero-order chi connectivity index (χ0) is 15.8. The lowest BCUT2D eigenvalue weighted by molar-refractivity contribution is -0.127. The number of ether oxygens (including phenoxy) is 1. The summed E-state index contributed by atoms with van der Waals surface area (Å²) in [6, 6.07) is 7.56. The number of hydrogen-bond donors (Lipinski definition) is 2. The standard InChI is InChI=1S/C16H26N2O3/c1-12(2)18(4)9-8-17-16(20)13(3)21-15-7-5-6-14(10-15)11-19/h5-7,10,12-13,19H,8-9,11H2,1-4H3,(H,17,20). The van der Waals surface area contributed by atoms with Gasteiger partial charge in [0, 0.05) is 19.1 Å². The SMILES string of the molecule is CC(Oc1cccc(CO)c1)C(=O)NCCN(C)C(C)C. The van der Waals surface area contributed by atoms with Gasteiger partial charge in [0.05, 0.1) is 6.61 Å². The van der Waals surface area contributed by atoms with Gasteiger partial charge in [0.25, 0.3) is 5.91 Å². The molecule has 118 valence electrons. The van der Waals surface area contributed by atoms with Crippen LogP contribution in [-0.4, -0.2) is 48.2 Å². The largest absolute Gasteiger partial charge is 0.481 e. The number of nitrogens with one attached hydrogen (secondary N) is 1. The molecule has 0 saturated carbocycles. The van der Waals surface area contributed by atoms with Crippen LogP contribution >= 0.6 is 0 Å². The van der Waals surface area contributed by atoms with E-state index in [0.29, 0.717) is 18.3 Å². The van der Waals surface area contributed by atoms with Crippen LogP contribution in [0.3, 0.4) is 0 Å². The van der Waals surface area contributed by atoms with Crippen LogP contribution in [-0.2, 0) is 11.4 Å². The molecule has 1 atom stereocenters. The topological polar surface area (TPSA) is 61.8 Å². The molecule has 5 nitrogen and oxygen atoms in total. The maximum Gasteiger partial charge on any atom is 0.260 e. The van der Waals surface area contributed by atoms with Gasteiger partial charge in [0.15, 0.2) is 6.10 Å². The molecule has 5 heteroatoms. The van der Waals surface area contributed by atoms with Crippen molar-refractivity contribution in [3.63, 3.8) is 0 Å². The molecule has 1 aromatic carbocycles. The molecule has 0 aliphatic heterocycles. The summed E-state index contributed by atoms with van der Waals surface area (Å²) in [5, 5.41) is 11.9. The number of likely N-dealkylation sites (N-methyl/N-ethyl adjacent to an activating group) is 1. The highest BCUT2D eigenvalue weighted by Crippen LogP contribution is 2.14. The summed E-state index contributed by atoms with van der Waals surface area (Å²) >= 11 is 0. The third-order valence-corrected chi connectivity index (χ3v) is 3.41. The van der Waals surface area contributed by atoms with Crippen LogP contribution < -0.4 is 10.1 Å². The highest BCUT2D eigenvalue weighted by atomic mass is 16.5. The van der Waals surface area contributed by atoms with E-state index in [1.807, 2.05) is 7.05 Å². The average Bonchev–Trinajstić information content (AvgIpc) is 2.46. The van der Waals surface area contributed by atoms with Crippen molar-refractivity contribution in [3.05, 3.63) is 29.8 Å². The molecule has 1 rings (SSSR count). The van der Waals surface area contributed by atoms with Gasteiger partial charge in [0.1, 0.15) is 5.75 Å². The Labute approximate surface area is 126 Å². The lowest BCUT2D eigenvalue weighted by Gasteiger charge is -2.21. The second-order valence-electron chi connectivity index (χ2n) is 5.43. The van der Waals surface area contributed by atoms with Crippen molar-refractivity contribution >= 4 is 5.91 Å². The molecular formula is C16H26N2O3. The molecule has 0 saturated heterocycles. The molecule has 0 fully saturated rings. The van der Waals surface area contributed by atoms with Crippen molar-refractivity contribution in [2.45, 2.75) is 39.5 Å². The summed E-state index contributed by atoms with van der Waals surface area (Å²) in [6.07, 6.45) is -0.566. The molecule has 1 aromatic rings. The molecule has 0 bridgehead atoms. The van der Waals surface area contributed by atoms with Gasteiger partial charge in [-0.25, -0.2) is 0 Å². The third kappa shape index (κ3) is 6.14. The van der Waals surface area contributed by atoms with Crippen LogP contribution in [0.2, 0.25) is 0 Å². The van der Waals surface area contributed by atoms with Gasteiger partial charge >= 0.3 is 0 Å². The van der Waals surface area contributed by atoms with Gasteiger partial charge in [-0.15, -0.1) is 0 Å². The second kappa shape index (κ2) is 8.64. The molecule has 0 radical (unpaired) electrons. The molecule has 0 aromatic heterocycles. The van der Waals surface area contributed by atoms with Gasteiger partial charge in [-0.05, 0) is 45.5 Å². The first kappa shape index (κ1) is 17.5. The summed E-state index contributed by atoms with van der Waals surface area (Å²) < 4.78 is 5.59. The minimum Gasteiger partial charge on any atom is -0.481 e. The summed E-state index contributed by atoms with van der Waals surface area (Å²) in [5.74, 6) is 0.449. The molecule has 0 aliphatic carbocycles. The molecule has 0 heterocycles. The van der Waals surface area contributed by atoms with Crippen molar-refractivity contribution in [1.82, 2.24) is 10.2 Å². The van der Waals surface area contributed by atoms with Crippen molar-refractivity contribution in [2.24, 2.45) is 0 Å². The van der Waals surface area contributed by atoms with E-state index in [2.05, 4.69) is 24.1 Å². The first-order valence-electron chi connectivity index (χ1n) is 7.28. The lowest BCUT2D eigenvalue weighted by atomic mass is 10.2. The predicted molar refractivity (Wildman–Crippen MR) is 83.2 cm³/mol. The van der Waals surface area contributed by atoms with Gasteiger partial charge in [-0.3, -0.25) is 4.79 Å². The summed E-state index contributed by atoms with van der Waals surface area (Å²) in [4.78, 5) is 14.1. The molecular weight excluding hydrogens is 268 g/mol. The van der Waals surface area contributed by atoms with E-state index in [4.69, 9.17) is 9.84 Å². The average molecular weight is 294 g/mol. The Balaban J connectivity index is 2.40. The number of benzene rings is 1. The van der Waals surface area contributed by atoms with Gasteiger partial charge < -0.3 is 20.1 Å².